The molecule has 2 aliphatic heterocycles. The molecule has 37 heavy (non-hydrogen) atoms. The molecule has 0 aromatic heterocycles. The Morgan fingerprint density at radius 2 is 1.86 bits per heavy atom. The van der Waals surface area contributed by atoms with Crippen LogP contribution in [0.1, 0.15) is 38.8 Å². The highest BCUT2D eigenvalue weighted by Crippen LogP contribution is 2.39. The van der Waals surface area contributed by atoms with Gasteiger partial charge >= 0.3 is 12.0 Å². The average Bonchev–Trinajstić information content (AvgIpc) is 3.24. The van der Waals surface area contributed by atoms with Crippen LogP contribution in [0.5, 0.6) is 5.75 Å². The van der Waals surface area contributed by atoms with E-state index in [0.29, 0.717) is 38.2 Å². The number of nitrogens with one attached hydrogen (secondary N) is 1. The van der Waals surface area contributed by atoms with E-state index < -0.39 is 6.04 Å². The van der Waals surface area contributed by atoms with E-state index in [1.807, 2.05) is 80.1 Å². The van der Waals surface area contributed by atoms with Crippen molar-refractivity contribution in [2.24, 2.45) is 0 Å². The molecule has 8 nitrogen and oxygen atoms in total. The van der Waals surface area contributed by atoms with Crippen LogP contribution in [0.25, 0.3) is 0 Å². The fraction of sp³-hybridized carbons (Fsp3) is 0.379. The van der Waals surface area contributed by atoms with Crippen molar-refractivity contribution >= 4 is 17.7 Å². The molecule has 1 atom stereocenters. The molecule has 0 radical (unpaired) electrons. The monoisotopic (exact) mass is 504 g/mol. The van der Waals surface area contributed by atoms with Gasteiger partial charge in [-0.1, -0.05) is 30.3 Å². The van der Waals surface area contributed by atoms with E-state index in [-0.39, 0.29) is 23.9 Å². The summed E-state index contributed by atoms with van der Waals surface area (Å²) in [4.78, 5) is 32.1. The zero-order valence-electron chi connectivity index (χ0n) is 22.0. The van der Waals surface area contributed by atoms with Crippen LogP contribution in [0.2, 0.25) is 0 Å². The Morgan fingerprint density at radius 3 is 2.54 bits per heavy atom. The zero-order valence-corrected chi connectivity index (χ0v) is 22.0. The number of para-hydroxylation sites is 1. The fourth-order valence-corrected chi connectivity index (χ4v) is 5.00. The summed E-state index contributed by atoms with van der Waals surface area (Å²) in [5.74, 6) is 0.631. The Kier molecular flexibility index (Phi) is 8.06. The first-order valence-corrected chi connectivity index (χ1v) is 12.8. The van der Waals surface area contributed by atoms with Gasteiger partial charge < -0.3 is 25.0 Å². The number of phenols is 1. The number of carbonyl (C=O) groups excluding carboxylic acids is 2. The predicted octanol–water partition coefficient (Wildman–Crippen LogP) is 4.41. The van der Waals surface area contributed by atoms with Crippen molar-refractivity contribution in [1.82, 2.24) is 15.1 Å². The van der Waals surface area contributed by atoms with Gasteiger partial charge in [0.2, 0.25) is 0 Å². The molecule has 2 heterocycles. The second-order valence-electron chi connectivity index (χ2n) is 9.63. The molecule has 2 aromatic carbocycles. The molecule has 2 aromatic rings. The van der Waals surface area contributed by atoms with Crippen LogP contribution in [-0.2, 0) is 9.53 Å². The summed E-state index contributed by atoms with van der Waals surface area (Å²) >= 11 is 0. The Hall–Kier alpha value is -3.94. The third kappa shape index (κ3) is 5.74. The number of aromatic hydroxyl groups is 1. The van der Waals surface area contributed by atoms with Crippen molar-refractivity contribution in [3.63, 3.8) is 0 Å². The Bertz CT molecular complexity index is 1190. The minimum Gasteiger partial charge on any atom is -0.508 e. The lowest BCUT2D eigenvalue weighted by Crippen LogP contribution is -2.41. The molecule has 0 aliphatic carbocycles. The quantitative estimate of drug-likeness (QED) is 0.492. The standard InChI is InChI=1S/C29H36N4O4/c1-20(2)37-28(35)26-21(3)18-25(30-4)33(27(26)22-10-8-13-24(34)19-22)15-9-14-31-16-17-32(29(31)36)23-11-6-5-7-12-23/h5-8,10-13,18-20,27,30,34H,9,14-17H2,1-4H3. The maximum Gasteiger partial charge on any atom is 0.337 e. The van der Waals surface area contributed by atoms with Crippen LogP contribution in [0.3, 0.4) is 0 Å². The summed E-state index contributed by atoms with van der Waals surface area (Å²) in [6, 6.07) is 16.3. The number of ether oxygens (including phenoxy) is 1. The first-order valence-electron chi connectivity index (χ1n) is 12.8. The number of phenolic OH excluding ortho intramolecular Hbond substituents is 1. The normalized spacial score (nSPS) is 18.0. The number of hydrogen-bond donors (Lipinski definition) is 2. The van der Waals surface area contributed by atoms with Gasteiger partial charge in [-0.15, -0.1) is 0 Å². The van der Waals surface area contributed by atoms with Gasteiger partial charge in [-0.2, -0.15) is 0 Å². The van der Waals surface area contributed by atoms with E-state index in [4.69, 9.17) is 4.74 Å². The molecule has 0 spiro atoms. The van der Waals surface area contributed by atoms with E-state index in [0.717, 1.165) is 22.6 Å². The van der Waals surface area contributed by atoms with Gasteiger partial charge in [-0.05, 0) is 68.7 Å². The van der Waals surface area contributed by atoms with Crippen molar-refractivity contribution in [3.05, 3.63) is 83.2 Å². The van der Waals surface area contributed by atoms with Gasteiger partial charge in [-0.25, -0.2) is 9.59 Å². The van der Waals surface area contributed by atoms with Gasteiger partial charge in [0.25, 0.3) is 0 Å². The molecule has 1 saturated heterocycles. The van der Waals surface area contributed by atoms with E-state index in [2.05, 4.69) is 10.2 Å². The number of carbonyl (C=O) groups is 2. The van der Waals surface area contributed by atoms with Crippen LogP contribution in [0, 0.1) is 0 Å². The van der Waals surface area contributed by atoms with E-state index in [9.17, 15) is 14.7 Å². The summed E-state index contributed by atoms with van der Waals surface area (Å²) in [5.41, 5.74) is 3.06. The topological polar surface area (TPSA) is 85.3 Å². The average molecular weight is 505 g/mol. The first-order chi connectivity index (χ1) is 17.8. The number of allylic oxidation sites excluding steroid dienone is 2. The van der Waals surface area contributed by atoms with Crippen molar-refractivity contribution < 1.29 is 19.4 Å². The smallest absolute Gasteiger partial charge is 0.337 e. The third-order valence-corrected chi connectivity index (χ3v) is 6.67. The number of urea groups is 1. The summed E-state index contributed by atoms with van der Waals surface area (Å²) in [6.07, 6.45) is 2.40. The molecule has 1 unspecified atom stereocenters. The fourth-order valence-electron chi connectivity index (χ4n) is 5.00. The van der Waals surface area contributed by atoms with E-state index in [1.54, 1.807) is 18.2 Å². The summed E-state index contributed by atoms with van der Waals surface area (Å²) in [5, 5.41) is 13.5. The van der Waals surface area contributed by atoms with Crippen molar-refractivity contribution in [2.45, 2.75) is 39.3 Å². The lowest BCUT2D eigenvalue weighted by atomic mass is 9.90. The number of esters is 1. The Morgan fingerprint density at radius 1 is 1.11 bits per heavy atom. The van der Waals surface area contributed by atoms with Crippen LogP contribution in [0.4, 0.5) is 10.5 Å². The summed E-state index contributed by atoms with van der Waals surface area (Å²) in [7, 11) is 1.85. The molecule has 8 heteroatoms. The molecular formula is C29H36N4O4. The lowest BCUT2D eigenvalue weighted by molar-refractivity contribution is -0.143. The number of rotatable bonds is 9. The number of anilines is 1. The minimum absolute atomic E-state index is 0.00991. The molecule has 2 N–H and O–H groups in total. The molecule has 1 fully saturated rings. The van der Waals surface area contributed by atoms with Gasteiger partial charge in [0.15, 0.2) is 0 Å². The van der Waals surface area contributed by atoms with E-state index in [1.165, 1.54) is 0 Å². The second kappa shape index (κ2) is 11.4. The SMILES string of the molecule is CNC1=CC(C)=C(C(=O)OC(C)C)C(c2cccc(O)c2)N1CCCN1CCN(c2ccccc2)C1=O. The minimum atomic E-state index is -0.444. The molecule has 196 valence electrons. The molecular weight excluding hydrogens is 468 g/mol. The number of hydrogen-bond acceptors (Lipinski definition) is 6. The van der Waals surface area contributed by atoms with Crippen LogP contribution < -0.4 is 10.2 Å². The second-order valence-corrected chi connectivity index (χ2v) is 9.63. The predicted molar refractivity (Wildman–Crippen MR) is 144 cm³/mol. The Balaban J connectivity index is 1.55. The summed E-state index contributed by atoms with van der Waals surface area (Å²) in [6.45, 7) is 8.08. The number of amides is 2. The first kappa shape index (κ1) is 26.1. The van der Waals surface area contributed by atoms with Gasteiger partial charge in [0.1, 0.15) is 11.6 Å². The molecule has 2 amide bonds. The van der Waals surface area contributed by atoms with Gasteiger partial charge in [0.05, 0.1) is 17.7 Å². The number of benzene rings is 2. The van der Waals surface area contributed by atoms with E-state index >= 15 is 0 Å². The van der Waals surface area contributed by atoms with Gasteiger partial charge in [-0.3, -0.25) is 4.90 Å². The van der Waals surface area contributed by atoms with Crippen molar-refractivity contribution in [2.75, 3.05) is 38.1 Å². The lowest BCUT2D eigenvalue weighted by Gasteiger charge is -2.40. The molecule has 0 bridgehead atoms. The third-order valence-electron chi connectivity index (χ3n) is 6.67. The highest BCUT2D eigenvalue weighted by atomic mass is 16.5. The summed E-state index contributed by atoms with van der Waals surface area (Å²) < 4.78 is 5.62. The van der Waals surface area contributed by atoms with Gasteiger partial charge in [0, 0.05) is 38.9 Å². The number of nitrogens with zero attached hydrogens (tertiary/aromatic N) is 3. The van der Waals surface area contributed by atoms with Crippen molar-refractivity contribution in [3.8, 4) is 5.75 Å². The van der Waals surface area contributed by atoms with Crippen LogP contribution in [0.15, 0.2) is 77.6 Å². The maximum absolute atomic E-state index is 13.2. The molecule has 2 aliphatic rings. The highest BCUT2D eigenvalue weighted by molar-refractivity contribution is 5.94. The van der Waals surface area contributed by atoms with Crippen molar-refractivity contribution in [1.29, 1.82) is 0 Å². The largest absolute Gasteiger partial charge is 0.508 e. The van der Waals surface area contributed by atoms with Crippen LogP contribution >= 0.6 is 0 Å². The Labute approximate surface area is 218 Å². The van der Waals surface area contributed by atoms with Crippen LogP contribution in [-0.4, -0.2) is 66.2 Å². The molecule has 4 rings (SSSR count). The zero-order chi connectivity index (χ0) is 26.5. The highest BCUT2D eigenvalue weighted by Gasteiger charge is 2.36. The maximum atomic E-state index is 13.2. The molecule has 0 saturated carbocycles.